The SMILES string of the molecule is [B]c1ccc(C=O)c2ccccc12. The molecule has 0 aliphatic rings. The summed E-state index contributed by atoms with van der Waals surface area (Å²) in [5.74, 6) is 0. The van der Waals surface area contributed by atoms with Crippen LogP contribution in [0.2, 0.25) is 0 Å². The van der Waals surface area contributed by atoms with Gasteiger partial charge < -0.3 is 0 Å². The first-order valence-electron chi connectivity index (χ1n) is 4.05. The van der Waals surface area contributed by atoms with Gasteiger partial charge in [0.15, 0.2) is 6.29 Å². The van der Waals surface area contributed by atoms with Crippen molar-refractivity contribution < 1.29 is 4.79 Å². The second-order valence-corrected chi connectivity index (χ2v) is 2.91. The fourth-order valence-electron chi connectivity index (χ4n) is 1.45. The van der Waals surface area contributed by atoms with Crippen LogP contribution in [-0.2, 0) is 0 Å². The highest BCUT2D eigenvalue weighted by Crippen LogP contribution is 2.14. The predicted octanol–water partition coefficient (Wildman–Crippen LogP) is 1.45. The number of benzene rings is 2. The van der Waals surface area contributed by atoms with Gasteiger partial charge in [-0.25, -0.2) is 0 Å². The second kappa shape index (κ2) is 3.06. The van der Waals surface area contributed by atoms with Gasteiger partial charge >= 0.3 is 0 Å². The van der Waals surface area contributed by atoms with Gasteiger partial charge in [-0.05, 0) is 10.8 Å². The average Bonchev–Trinajstić information content (AvgIpc) is 2.19. The van der Waals surface area contributed by atoms with Crippen LogP contribution in [-0.4, -0.2) is 14.1 Å². The Morgan fingerprint density at radius 1 is 1.00 bits per heavy atom. The summed E-state index contributed by atoms with van der Waals surface area (Å²) >= 11 is 0. The van der Waals surface area contributed by atoms with E-state index >= 15 is 0 Å². The molecule has 13 heavy (non-hydrogen) atoms. The van der Waals surface area contributed by atoms with E-state index in [-0.39, 0.29) is 0 Å². The zero-order chi connectivity index (χ0) is 9.26. The van der Waals surface area contributed by atoms with Gasteiger partial charge in [-0.15, -0.1) is 0 Å². The molecule has 2 rings (SSSR count). The number of aldehydes is 1. The molecule has 0 saturated carbocycles. The highest BCUT2D eigenvalue weighted by Gasteiger charge is 2.00. The van der Waals surface area contributed by atoms with E-state index in [9.17, 15) is 4.79 Å². The van der Waals surface area contributed by atoms with Crippen molar-refractivity contribution in [1.29, 1.82) is 0 Å². The fourth-order valence-corrected chi connectivity index (χ4v) is 1.45. The smallest absolute Gasteiger partial charge is 0.150 e. The van der Waals surface area contributed by atoms with Crippen molar-refractivity contribution in [2.75, 3.05) is 0 Å². The summed E-state index contributed by atoms with van der Waals surface area (Å²) < 4.78 is 0. The minimum atomic E-state index is 0.685. The van der Waals surface area contributed by atoms with Crippen LogP contribution in [0.3, 0.4) is 0 Å². The molecule has 0 bridgehead atoms. The Bertz CT molecular complexity index is 463. The van der Waals surface area contributed by atoms with Crippen molar-refractivity contribution in [2.45, 2.75) is 0 Å². The fraction of sp³-hybridized carbons (Fsp3) is 0. The summed E-state index contributed by atoms with van der Waals surface area (Å²) in [5.41, 5.74) is 1.39. The Labute approximate surface area is 77.8 Å². The molecule has 2 aromatic carbocycles. The van der Waals surface area contributed by atoms with Crippen molar-refractivity contribution >= 4 is 30.4 Å². The first-order valence-corrected chi connectivity index (χ1v) is 4.05. The molecule has 0 aliphatic heterocycles. The lowest BCUT2D eigenvalue weighted by Crippen LogP contribution is -2.04. The Kier molecular flexibility index (Phi) is 1.89. The molecule has 60 valence electrons. The molecule has 0 fully saturated rings. The summed E-state index contributed by atoms with van der Waals surface area (Å²) in [6.45, 7) is 0. The lowest BCUT2D eigenvalue weighted by atomic mass is 9.88. The van der Waals surface area contributed by atoms with Gasteiger partial charge in [0.1, 0.15) is 7.85 Å². The Morgan fingerprint density at radius 3 is 2.38 bits per heavy atom. The Morgan fingerprint density at radius 2 is 1.69 bits per heavy atom. The van der Waals surface area contributed by atoms with E-state index in [1.165, 1.54) is 0 Å². The Hall–Kier alpha value is -1.57. The van der Waals surface area contributed by atoms with E-state index in [2.05, 4.69) is 0 Å². The highest BCUT2D eigenvalue weighted by molar-refractivity contribution is 6.39. The summed E-state index contributed by atoms with van der Waals surface area (Å²) in [5, 5.41) is 1.85. The number of fused-ring (bicyclic) bond motifs is 1. The minimum absolute atomic E-state index is 0.685. The molecule has 0 spiro atoms. The third kappa shape index (κ3) is 1.24. The number of hydrogen-bond acceptors (Lipinski definition) is 1. The highest BCUT2D eigenvalue weighted by atomic mass is 16.1. The molecule has 0 aromatic heterocycles. The Balaban J connectivity index is 2.92. The molecule has 1 nitrogen and oxygen atoms in total. The van der Waals surface area contributed by atoms with Gasteiger partial charge in [0.05, 0.1) is 0 Å². The molecule has 0 saturated heterocycles. The minimum Gasteiger partial charge on any atom is -0.298 e. The van der Waals surface area contributed by atoms with Crippen molar-refractivity contribution in [3.63, 3.8) is 0 Å². The van der Waals surface area contributed by atoms with E-state index in [1.807, 2.05) is 24.3 Å². The van der Waals surface area contributed by atoms with Crippen LogP contribution in [0.4, 0.5) is 0 Å². The molecular formula is C11H7BO. The average molecular weight is 166 g/mol. The molecule has 2 heteroatoms. The van der Waals surface area contributed by atoms with Gasteiger partial charge in [0.2, 0.25) is 0 Å². The standard InChI is InChI=1S/C11H7BO/c12-11-6-5-8(7-13)9-3-1-2-4-10(9)11/h1-7H. The van der Waals surface area contributed by atoms with Gasteiger partial charge in [-0.3, -0.25) is 4.79 Å². The van der Waals surface area contributed by atoms with Crippen LogP contribution in [0.15, 0.2) is 36.4 Å². The van der Waals surface area contributed by atoms with Gasteiger partial charge in [-0.1, -0.05) is 41.9 Å². The predicted molar refractivity (Wildman–Crippen MR) is 54.7 cm³/mol. The number of carbonyl (C=O) groups excluding carboxylic acids is 1. The zero-order valence-corrected chi connectivity index (χ0v) is 7.03. The summed E-state index contributed by atoms with van der Waals surface area (Å²) in [7, 11) is 5.76. The zero-order valence-electron chi connectivity index (χ0n) is 7.03. The summed E-state index contributed by atoms with van der Waals surface area (Å²) in [6.07, 6.45) is 0.849. The van der Waals surface area contributed by atoms with Crippen LogP contribution in [0.5, 0.6) is 0 Å². The molecule has 2 radical (unpaired) electrons. The molecule has 2 aromatic rings. The number of rotatable bonds is 1. The van der Waals surface area contributed by atoms with Crippen molar-refractivity contribution in [2.24, 2.45) is 0 Å². The van der Waals surface area contributed by atoms with E-state index < -0.39 is 0 Å². The monoisotopic (exact) mass is 166 g/mol. The number of hydrogen-bond donors (Lipinski definition) is 0. The van der Waals surface area contributed by atoms with Crippen LogP contribution in [0.25, 0.3) is 10.8 Å². The van der Waals surface area contributed by atoms with E-state index in [4.69, 9.17) is 7.85 Å². The molecule has 0 unspecified atom stereocenters. The van der Waals surface area contributed by atoms with Crippen LogP contribution in [0.1, 0.15) is 10.4 Å². The molecular weight excluding hydrogens is 159 g/mol. The normalized spacial score (nSPS) is 10.2. The quantitative estimate of drug-likeness (QED) is 0.462. The van der Waals surface area contributed by atoms with Crippen molar-refractivity contribution in [1.82, 2.24) is 0 Å². The molecule has 0 amide bonds. The van der Waals surface area contributed by atoms with E-state index in [1.54, 1.807) is 12.1 Å². The first kappa shape index (κ1) is 8.05. The molecule has 0 atom stereocenters. The van der Waals surface area contributed by atoms with E-state index in [0.29, 0.717) is 11.0 Å². The van der Waals surface area contributed by atoms with Gasteiger partial charge in [-0.2, -0.15) is 0 Å². The van der Waals surface area contributed by atoms with Crippen LogP contribution in [0, 0.1) is 0 Å². The number of carbonyl (C=O) groups is 1. The maximum Gasteiger partial charge on any atom is 0.150 e. The van der Waals surface area contributed by atoms with Crippen molar-refractivity contribution in [3.8, 4) is 0 Å². The van der Waals surface area contributed by atoms with Crippen molar-refractivity contribution in [3.05, 3.63) is 42.0 Å². The van der Waals surface area contributed by atoms with Gasteiger partial charge in [0, 0.05) is 5.56 Å². The van der Waals surface area contributed by atoms with Crippen LogP contribution < -0.4 is 5.46 Å². The van der Waals surface area contributed by atoms with Gasteiger partial charge in [0.25, 0.3) is 0 Å². The largest absolute Gasteiger partial charge is 0.298 e. The lowest BCUT2D eigenvalue weighted by Gasteiger charge is -2.03. The lowest BCUT2D eigenvalue weighted by molar-refractivity contribution is 0.112. The molecule has 0 aliphatic carbocycles. The maximum atomic E-state index is 10.7. The molecule has 0 N–H and O–H groups in total. The first-order chi connectivity index (χ1) is 6.33. The summed E-state index contributed by atoms with van der Waals surface area (Å²) in [4.78, 5) is 10.7. The second-order valence-electron chi connectivity index (χ2n) is 2.91. The van der Waals surface area contributed by atoms with Crippen LogP contribution >= 0.6 is 0 Å². The third-order valence-electron chi connectivity index (χ3n) is 2.12. The summed E-state index contributed by atoms with van der Waals surface area (Å²) in [6, 6.07) is 11.1. The molecule has 0 heterocycles. The van der Waals surface area contributed by atoms with E-state index in [0.717, 1.165) is 17.1 Å². The third-order valence-corrected chi connectivity index (χ3v) is 2.12. The maximum absolute atomic E-state index is 10.7. The topological polar surface area (TPSA) is 17.1 Å².